The van der Waals surface area contributed by atoms with Gasteiger partial charge in [0, 0.05) is 35.3 Å². The van der Waals surface area contributed by atoms with Gasteiger partial charge in [0.25, 0.3) is 0 Å². The molecule has 1 N–H and O–H groups in total. The van der Waals surface area contributed by atoms with Crippen LogP contribution >= 0.6 is 0 Å². The van der Waals surface area contributed by atoms with E-state index in [0.717, 1.165) is 39.4 Å². The Morgan fingerprint density at radius 2 is 1.85 bits per heavy atom. The summed E-state index contributed by atoms with van der Waals surface area (Å²) in [4.78, 5) is 8.94. The minimum atomic E-state index is 0.883. The summed E-state index contributed by atoms with van der Waals surface area (Å²) in [6.07, 6.45) is 7.64. The first-order valence-electron chi connectivity index (χ1n) is 8.29. The Kier molecular flexibility index (Phi) is 3.35. The molecule has 4 aromatic heterocycles. The zero-order valence-electron chi connectivity index (χ0n) is 13.8. The molecule has 0 unspecified atom stereocenters. The smallest absolute Gasteiger partial charge is 0.137 e. The molecule has 26 heavy (non-hydrogen) atoms. The fraction of sp³-hybridized carbons (Fsp3) is 0. The van der Waals surface area contributed by atoms with E-state index in [-0.39, 0.29) is 0 Å². The average Bonchev–Trinajstić information content (AvgIpc) is 3.36. The molecule has 0 spiro atoms. The van der Waals surface area contributed by atoms with Crippen molar-refractivity contribution in [3.8, 4) is 33.8 Å². The molecule has 1 aromatic carbocycles. The monoisotopic (exact) mass is 336 g/mol. The largest absolute Gasteiger partial charge is 0.298 e. The Morgan fingerprint density at radius 3 is 2.69 bits per heavy atom. The molecule has 5 aromatic rings. The van der Waals surface area contributed by atoms with Crippen LogP contribution in [0, 0.1) is 6.07 Å². The first-order chi connectivity index (χ1) is 12.9. The summed E-state index contributed by atoms with van der Waals surface area (Å²) >= 11 is 0. The van der Waals surface area contributed by atoms with Gasteiger partial charge in [-0.2, -0.15) is 5.10 Å². The van der Waals surface area contributed by atoms with E-state index in [1.165, 1.54) is 0 Å². The van der Waals surface area contributed by atoms with Crippen molar-refractivity contribution >= 4 is 5.65 Å². The van der Waals surface area contributed by atoms with E-state index < -0.39 is 0 Å². The molecular formula is C21H14N5. The van der Waals surface area contributed by atoms with E-state index in [4.69, 9.17) is 0 Å². The summed E-state index contributed by atoms with van der Waals surface area (Å²) < 4.78 is 2.06. The number of H-pyrrole nitrogens is 1. The van der Waals surface area contributed by atoms with Crippen molar-refractivity contribution in [1.29, 1.82) is 0 Å². The van der Waals surface area contributed by atoms with Crippen LogP contribution in [0.5, 0.6) is 0 Å². The van der Waals surface area contributed by atoms with E-state index >= 15 is 0 Å². The standard InChI is InChI=1S/C21H14N5/c1-2-6-15(7-3-1)21-17(12-24-25-21)16-9-10-20-23-13-19(26(20)14-16)18-8-4-5-11-22-18/h2-14H,(H,24,25). The number of rotatable bonds is 3. The quantitative estimate of drug-likeness (QED) is 0.536. The second-order valence-corrected chi connectivity index (χ2v) is 5.94. The van der Waals surface area contributed by atoms with Gasteiger partial charge in [-0.3, -0.25) is 14.5 Å². The summed E-state index contributed by atoms with van der Waals surface area (Å²) in [6.45, 7) is 0. The van der Waals surface area contributed by atoms with Gasteiger partial charge in [0.15, 0.2) is 0 Å². The third-order valence-electron chi connectivity index (χ3n) is 4.38. The normalized spacial score (nSPS) is 11.1. The second-order valence-electron chi connectivity index (χ2n) is 5.94. The van der Waals surface area contributed by atoms with E-state index in [1.807, 2.05) is 60.9 Å². The zero-order valence-corrected chi connectivity index (χ0v) is 13.8. The minimum Gasteiger partial charge on any atom is -0.298 e. The highest BCUT2D eigenvalue weighted by atomic mass is 15.1. The average molecular weight is 336 g/mol. The number of aromatic nitrogens is 5. The molecule has 0 amide bonds. The maximum Gasteiger partial charge on any atom is 0.137 e. The molecule has 1 radical (unpaired) electrons. The summed E-state index contributed by atoms with van der Waals surface area (Å²) in [5.41, 5.74) is 6.80. The van der Waals surface area contributed by atoms with Crippen LogP contribution in [0.2, 0.25) is 0 Å². The molecule has 4 heterocycles. The number of hydrogen-bond acceptors (Lipinski definition) is 3. The highest BCUT2D eigenvalue weighted by Gasteiger charge is 2.13. The highest BCUT2D eigenvalue weighted by molar-refractivity contribution is 5.80. The lowest BCUT2D eigenvalue weighted by Crippen LogP contribution is -1.92. The molecule has 0 aliphatic rings. The first-order valence-corrected chi connectivity index (χ1v) is 8.29. The number of aromatic amines is 1. The summed E-state index contributed by atoms with van der Waals surface area (Å²) in [5, 5.41) is 7.42. The number of benzene rings is 1. The third kappa shape index (κ3) is 2.38. The van der Waals surface area contributed by atoms with Crippen molar-refractivity contribution in [3.63, 3.8) is 0 Å². The number of hydrogen-bond donors (Lipinski definition) is 1. The highest BCUT2D eigenvalue weighted by Crippen LogP contribution is 2.31. The van der Waals surface area contributed by atoms with Crippen molar-refractivity contribution in [3.05, 3.63) is 85.5 Å². The lowest BCUT2D eigenvalue weighted by Gasteiger charge is -2.06. The maximum atomic E-state index is 4.49. The van der Waals surface area contributed by atoms with Crippen LogP contribution in [0.4, 0.5) is 0 Å². The van der Waals surface area contributed by atoms with Crippen LogP contribution in [0.1, 0.15) is 0 Å². The van der Waals surface area contributed by atoms with Crippen molar-refractivity contribution in [2.24, 2.45) is 0 Å². The van der Waals surface area contributed by atoms with Gasteiger partial charge < -0.3 is 0 Å². The second kappa shape index (κ2) is 5.97. The maximum absolute atomic E-state index is 4.49. The molecule has 5 heteroatoms. The van der Waals surface area contributed by atoms with E-state index in [9.17, 15) is 0 Å². The van der Waals surface area contributed by atoms with Gasteiger partial charge in [0.2, 0.25) is 0 Å². The number of fused-ring (bicyclic) bond motifs is 1. The molecule has 0 bridgehead atoms. The number of pyridine rings is 2. The van der Waals surface area contributed by atoms with E-state index in [1.54, 1.807) is 6.20 Å². The summed E-state index contributed by atoms with van der Waals surface area (Å²) in [5.74, 6) is 0. The van der Waals surface area contributed by atoms with Crippen LogP contribution in [0.25, 0.3) is 39.4 Å². The molecule has 0 aliphatic carbocycles. The van der Waals surface area contributed by atoms with Crippen molar-refractivity contribution < 1.29 is 0 Å². The molecule has 5 rings (SSSR count). The lowest BCUT2D eigenvalue weighted by molar-refractivity contribution is 1.10. The number of nitrogens with one attached hydrogen (secondary N) is 1. The van der Waals surface area contributed by atoms with Crippen molar-refractivity contribution in [2.75, 3.05) is 0 Å². The van der Waals surface area contributed by atoms with Gasteiger partial charge in [-0.15, -0.1) is 0 Å². The molecule has 0 aliphatic heterocycles. The Labute approximate surface area is 150 Å². The summed E-state index contributed by atoms with van der Waals surface area (Å²) in [6, 6.07) is 20.8. The fourth-order valence-corrected chi connectivity index (χ4v) is 3.12. The van der Waals surface area contributed by atoms with Crippen molar-refractivity contribution in [2.45, 2.75) is 0 Å². The van der Waals surface area contributed by atoms with Crippen LogP contribution in [-0.2, 0) is 0 Å². The number of nitrogens with zero attached hydrogens (tertiary/aromatic N) is 4. The van der Waals surface area contributed by atoms with Gasteiger partial charge in [0.1, 0.15) is 5.65 Å². The topological polar surface area (TPSA) is 58.9 Å². The Balaban J connectivity index is 1.67. The molecule has 0 fully saturated rings. The minimum absolute atomic E-state index is 0.883. The molecular weight excluding hydrogens is 322 g/mol. The third-order valence-corrected chi connectivity index (χ3v) is 4.38. The lowest BCUT2D eigenvalue weighted by atomic mass is 10.0. The summed E-state index contributed by atoms with van der Waals surface area (Å²) in [7, 11) is 0. The van der Waals surface area contributed by atoms with E-state index in [2.05, 4.69) is 42.9 Å². The molecule has 123 valence electrons. The predicted octanol–water partition coefficient (Wildman–Crippen LogP) is 4.25. The van der Waals surface area contributed by atoms with E-state index in [0.29, 0.717) is 0 Å². The first kappa shape index (κ1) is 14.6. The molecule has 0 saturated carbocycles. The van der Waals surface area contributed by atoms with Gasteiger partial charge >= 0.3 is 0 Å². The number of imidazole rings is 1. The van der Waals surface area contributed by atoms with Gasteiger partial charge in [-0.05, 0) is 30.3 Å². The SMILES string of the molecule is [c]1ccc(-c2n[nH]cc2-c2ccc3ncc(-c4ccccn4)n3c2)cc1. The van der Waals surface area contributed by atoms with Crippen LogP contribution < -0.4 is 0 Å². The molecule has 0 saturated heterocycles. The Morgan fingerprint density at radius 1 is 0.923 bits per heavy atom. The van der Waals surface area contributed by atoms with Crippen molar-refractivity contribution in [1.82, 2.24) is 24.6 Å². The predicted molar refractivity (Wildman–Crippen MR) is 100 cm³/mol. The van der Waals surface area contributed by atoms with Crippen LogP contribution in [0.15, 0.2) is 79.4 Å². The van der Waals surface area contributed by atoms with Gasteiger partial charge in [-0.1, -0.05) is 30.3 Å². The molecule has 0 atom stereocenters. The Hall–Kier alpha value is -3.73. The van der Waals surface area contributed by atoms with Gasteiger partial charge in [-0.25, -0.2) is 4.98 Å². The van der Waals surface area contributed by atoms with Gasteiger partial charge in [0.05, 0.1) is 23.3 Å². The molecule has 5 nitrogen and oxygen atoms in total. The zero-order chi connectivity index (χ0) is 17.3. The van der Waals surface area contributed by atoms with Crippen LogP contribution in [0.3, 0.4) is 0 Å². The Bertz CT molecular complexity index is 1170. The fourth-order valence-electron chi connectivity index (χ4n) is 3.12. The van der Waals surface area contributed by atoms with Crippen LogP contribution in [-0.4, -0.2) is 24.6 Å².